The Kier molecular flexibility index (Phi) is 5.08. The summed E-state index contributed by atoms with van der Waals surface area (Å²) >= 11 is 0. The largest absolute Gasteiger partial charge is 0.462 e. The van der Waals surface area contributed by atoms with Crippen LogP contribution in [0.2, 0.25) is 0 Å². The topological polar surface area (TPSA) is 72.5 Å². The predicted octanol–water partition coefficient (Wildman–Crippen LogP) is 3.59. The van der Waals surface area contributed by atoms with Crippen molar-refractivity contribution in [2.45, 2.75) is 6.92 Å². The number of carbonyl (C=O) groups is 3. The zero-order chi connectivity index (χ0) is 18.5. The monoisotopic (exact) mass is 347 g/mol. The van der Waals surface area contributed by atoms with E-state index in [9.17, 15) is 14.4 Å². The molecule has 1 aliphatic heterocycles. The Morgan fingerprint density at radius 2 is 1.42 bits per heavy atom. The second-order valence-electron chi connectivity index (χ2n) is 5.58. The molecule has 3 aromatic carbocycles. The average Bonchev–Trinajstić information content (AvgIpc) is 2.67. The lowest BCUT2D eigenvalue weighted by Gasteiger charge is -2.15. The predicted molar refractivity (Wildman–Crippen MR) is 98.1 cm³/mol. The number of ether oxygens (including phenoxy) is 1. The van der Waals surface area contributed by atoms with Crippen LogP contribution in [0.1, 0.15) is 38.0 Å². The van der Waals surface area contributed by atoms with Crippen molar-refractivity contribution in [1.82, 2.24) is 5.32 Å². The van der Waals surface area contributed by atoms with Gasteiger partial charge >= 0.3 is 5.97 Å². The van der Waals surface area contributed by atoms with Gasteiger partial charge in [0.15, 0.2) is 0 Å². The highest BCUT2D eigenvalue weighted by Gasteiger charge is 2.23. The summed E-state index contributed by atoms with van der Waals surface area (Å²) in [7, 11) is 0. The normalized spacial score (nSPS) is 12.0. The van der Waals surface area contributed by atoms with E-state index >= 15 is 0 Å². The van der Waals surface area contributed by atoms with Crippen LogP contribution in [0.15, 0.2) is 66.7 Å². The molecule has 0 fully saturated rings. The van der Waals surface area contributed by atoms with Crippen LogP contribution in [0.3, 0.4) is 0 Å². The molecule has 3 aromatic rings. The molecular formula is C21H17NO4. The second-order valence-corrected chi connectivity index (χ2v) is 5.58. The van der Waals surface area contributed by atoms with E-state index in [1.165, 1.54) is 0 Å². The van der Waals surface area contributed by atoms with Gasteiger partial charge in [0.25, 0.3) is 11.8 Å². The maximum Gasteiger partial charge on any atom is 0.338 e. The van der Waals surface area contributed by atoms with Crippen LogP contribution in [0.4, 0.5) is 0 Å². The van der Waals surface area contributed by atoms with Gasteiger partial charge in [0.2, 0.25) is 0 Å². The summed E-state index contributed by atoms with van der Waals surface area (Å²) < 4.78 is 4.79. The molecule has 0 saturated carbocycles. The lowest BCUT2D eigenvalue weighted by Crippen LogP contribution is -2.34. The summed E-state index contributed by atoms with van der Waals surface area (Å²) in [5.74, 6) is -0.887. The number of amides is 2. The molecule has 5 heteroatoms. The van der Waals surface area contributed by atoms with Gasteiger partial charge in [-0.1, -0.05) is 42.5 Å². The van der Waals surface area contributed by atoms with Gasteiger partial charge in [-0.15, -0.1) is 0 Å². The first kappa shape index (κ1) is 17.4. The van der Waals surface area contributed by atoms with Crippen LogP contribution in [-0.4, -0.2) is 24.4 Å². The van der Waals surface area contributed by atoms with Crippen molar-refractivity contribution < 1.29 is 19.1 Å². The Hall–Kier alpha value is -3.47. The quantitative estimate of drug-likeness (QED) is 0.568. The molecular weight excluding hydrogens is 330 g/mol. The molecule has 1 N–H and O–H groups in total. The maximum atomic E-state index is 11.6. The minimum absolute atomic E-state index is 0.256. The molecule has 5 nitrogen and oxygen atoms in total. The number of carbonyl (C=O) groups excluding carboxylic acids is 3. The van der Waals surface area contributed by atoms with Gasteiger partial charge in [-0.05, 0) is 36.6 Å². The van der Waals surface area contributed by atoms with Crippen LogP contribution in [0.5, 0.6) is 0 Å². The van der Waals surface area contributed by atoms with E-state index in [1.54, 1.807) is 31.2 Å². The first-order valence-electron chi connectivity index (χ1n) is 8.21. The van der Waals surface area contributed by atoms with Crippen molar-refractivity contribution in [1.29, 1.82) is 0 Å². The fourth-order valence-electron chi connectivity index (χ4n) is 2.75. The van der Waals surface area contributed by atoms with Gasteiger partial charge in [0.1, 0.15) is 0 Å². The number of imide groups is 1. The van der Waals surface area contributed by atoms with Gasteiger partial charge in [0.05, 0.1) is 12.2 Å². The van der Waals surface area contributed by atoms with Crippen LogP contribution in [-0.2, 0) is 4.74 Å². The SMILES string of the molecule is CCOC(=O)c1ccccc1.O=C1NC(=O)c2cccc3cccc1c23. The number of nitrogens with one attached hydrogen (secondary N) is 1. The minimum atomic E-state index is -0.315. The van der Waals surface area contributed by atoms with E-state index in [4.69, 9.17) is 4.74 Å². The molecule has 0 saturated heterocycles. The van der Waals surface area contributed by atoms with E-state index in [1.807, 2.05) is 42.5 Å². The van der Waals surface area contributed by atoms with Crippen LogP contribution < -0.4 is 5.32 Å². The summed E-state index contributed by atoms with van der Waals surface area (Å²) in [5.41, 5.74) is 1.75. The van der Waals surface area contributed by atoms with Crippen molar-refractivity contribution in [3.63, 3.8) is 0 Å². The smallest absolute Gasteiger partial charge is 0.338 e. The Morgan fingerprint density at radius 1 is 0.846 bits per heavy atom. The Morgan fingerprint density at radius 3 is 1.96 bits per heavy atom. The van der Waals surface area contributed by atoms with Crippen molar-refractivity contribution in [2.24, 2.45) is 0 Å². The van der Waals surface area contributed by atoms with E-state index in [2.05, 4.69) is 5.32 Å². The van der Waals surface area contributed by atoms with Crippen molar-refractivity contribution >= 4 is 28.6 Å². The molecule has 0 spiro atoms. The van der Waals surface area contributed by atoms with Gasteiger partial charge in [-0.25, -0.2) is 4.79 Å². The summed E-state index contributed by atoms with van der Waals surface area (Å²) in [6.07, 6.45) is 0. The molecule has 0 unspecified atom stereocenters. The summed E-state index contributed by atoms with van der Waals surface area (Å²) in [6.45, 7) is 2.22. The molecule has 0 atom stereocenters. The number of hydrogen-bond acceptors (Lipinski definition) is 4. The van der Waals surface area contributed by atoms with Crippen molar-refractivity contribution in [3.8, 4) is 0 Å². The Labute approximate surface area is 150 Å². The molecule has 130 valence electrons. The van der Waals surface area contributed by atoms with E-state index in [-0.39, 0.29) is 17.8 Å². The maximum absolute atomic E-state index is 11.6. The van der Waals surface area contributed by atoms with Gasteiger partial charge in [-0.2, -0.15) is 0 Å². The summed E-state index contributed by atoms with van der Waals surface area (Å²) in [5, 5.41) is 4.00. The van der Waals surface area contributed by atoms with Gasteiger partial charge in [-0.3, -0.25) is 14.9 Å². The van der Waals surface area contributed by atoms with Gasteiger partial charge < -0.3 is 4.74 Å². The Bertz CT molecular complexity index is 931. The van der Waals surface area contributed by atoms with Crippen molar-refractivity contribution in [3.05, 3.63) is 83.4 Å². The molecule has 1 heterocycles. The molecule has 0 aliphatic carbocycles. The highest BCUT2D eigenvalue weighted by molar-refractivity contribution is 6.25. The fourth-order valence-corrected chi connectivity index (χ4v) is 2.75. The lowest BCUT2D eigenvalue weighted by molar-refractivity contribution is 0.0526. The lowest BCUT2D eigenvalue weighted by atomic mass is 9.95. The highest BCUT2D eigenvalue weighted by Crippen LogP contribution is 2.25. The minimum Gasteiger partial charge on any atom is -0.462 e. The second kappa shape index (κ2) is 7.61. The zero-order valence-electron chi connectivity index (χ0n) is 14.2. The fraction of sp³-hybridized carbons (Fsp3) is 0.0952. The molecule has 0 radical (unpaired) electrons. The molecule has 26 heavy (non-hydrogen) atoms. The molecule has 2 amide bonds. The van der Waals surface area contributed by atoms with Crippen LogP contribution in [0.25, 0.3) is 10.8 Å². The summed E-state index contributed by atoms with van der Waals surface area (Å²) in [6, 6.07) is 19.8. The Balaban J connectivity index is 0.000000160. The molecule has 0 bridgehead atoms. The third kappa shape index (κ3) is 3.47. The number of esters is 1. The molecule has 1 aliphatic rings. The van der Waals surface area contributed by atoms with Crippen LogP contribution >= 0.6 is 0 Å². The standard InChI is InChI=1S/C12H7NO2.C9H10O2/c14-11-8-5-1-3-7-4-2-6-9(10(7)8)12(15)13-11;1-2-11-9(10)8-6-4-3-5-7-8/h1-6H,(H,13,14,15);3-7H,2H2,1H3. The first-order valence-corrected chi connectivity index (χ1v) is 8.21. The zero-order valence-corrected chi connectivity index (χ0v) is 14.2. The number of benzene rings is 3. The van der Waals surface area contributed by atoms with E-state index < -0.39 is 0 Å². The first-order chi connectivity index (χ1) is 12.6. The molecule has 0 aromatic heterocycles. The van der Waals surface area contributed by atoms with Crippen molar-refractivity contribution in [2.75, 3.05) is 6.61 Å². The third-order valence-electron chi connectivity index (χ3n) is 3.91. The van der Waals surface area contributed by atoms with E-state index in [0.717, 1.165) is 10.8 Å². The summed E-state index contributed by atoms with van der Waals surface area (Å²) in [4.78, 5) is 34.1. The molecule has 4 rings (SSSR count). The number of rotatable bonds is 2. The number of hydrogen-bond donors (Lipinski definition) is 1. The average molecular weight is 347 g/mol. The van der Waals surface area contributed by atoms with Crippen LogP contribution in [0, 0.1) is 0 Å². The highest BCUT2D eigenvalue weighted by atomic mass is 16.5. The van der Waals surface area contributed by atoms with Gasteiger partial charge in [0, 0.05) is 16.5 Å². The van der Waals surface area contributed by atoms with E-state index in [0.29, 0.717) is 23.3 Å². The third-order valence-corrected chi connectivity index (χ3v) is 3.91.